The van der Waals surface area contributed by atoms with E-state index < -0.39 is 0 Å². The lowest BCUT2D eigenvalue weighted by molar-refractivity contribution is 0.122. The number of aromatic nitrogens is 5. The van der Waals surface area contributed by atoms with Crippen LogP contribution in [-0.4, -0.2) is 51.3 Å². The number of anilines is 2. The Labute approximate surface area is 157 Å². The van der Waals surface area contributed by atoms with E-state index in [0.717, 1.165) is 47.8 Å². The van der Waals surface area contributed by atoms with Gasteiger partial charge in [0, 0.05) is 55.8 Å². The minimum atomic E-state index is 0.510. The Balaban J connectivity index is 1.72. The number of nitrogens with two attached hydrogens (primary N) is 1. The van der Waals surface area contributed by atoms with Gasteiger partial charge in [0.1, 0.15) is 11.6 Å². The number of nitrogens with one attached hydrogen (secondary N) is 1. The highest BCUT2D eigenvalue weighted by Gasteiger charge is 2.18. The third-order valence-corrected chi connectivity index (χ3v) is 4.69. The summed E-state index contributed by atoms with van der Waals surface area (Å²) in [5, 5.41) is 11.2. The first-order valence-electron chi connectivity index (χ1n) is 8.99. The van der Waals surface area contributed by atoms with E-state index in [-0.39, 0.29) is 0 Å². The molecule has 4 heterocycles. The number of hydrogen-bond donors (Lipinski definition) is 2. The molecule has 3 aromatic rings. The van der Waals surface area contributed by atoms with Crippen molar-refractivity contribution < 1.29 is 4.74 Å². The van der Waals surface area contributed by atoms with Crippen LogP contribution < -0.4 is 10.6 Å². The molecule has 140 valence electrons. The van der Waals surface area contributed by atoms with E-state index in [0.29, 0.717) is 19.0 Å². The number of nitrogens with zero attached hydrogens (tertiary/aromatic N) is 5. The molecular weight excluding hydrogens is 342 g/mol. The van der Waals surface area contributed by atoms with E-state index in [1.165, 1.54) is 0 Å². The topological polar surface area (TPSA) is 97.9 Å². The standard InChI is InChI=1S/C19H23N7O/c1-25-17(6-8-22-25)16-13-18(26-9-11-27-12-10-26)23-19(20)15(16)4-2-3-14-5-7-21-24-14/h2,4-8,13H,3,9-12H2,1H3,(H2,20,23)(H,21,24)/b4-2-. The van der Waals surface area contributed by atoms with Crippen molar-refractivity contribution in [1.29, 1.82) is 0 Å². The first-order chi connectivity index (χ1) is 13.2. The number of ether oxygens (including phenoxy) is 1. The monoisotopic (exact) mass is 365 g/mol. The van der Waals surface area contributed by atoms with Crippen LogP contribution in [0.1, 0.15) is 11.3 Å². The van der Waals surface area contributed by atoms with Crippen molar-refractivity contribution in [1.82, 2.24) is 25.0 Å². The molecule has 0 spiro atoms. The smallest absolute Gasteiger partial charge is 0.133 e. The highest BCUT2D eigenvalue weighted by Crippen LogP contribution is 2.32. The summed E-state index contributed by atoms with van der Waals surface area (Å²) in [7, 11) is 1.93. The van der Waals surface area contributed by atoms with Crippen LogP contribution >= 0.6 is 0 Å². The van der Waals surface area contributed by atoms with Crippen LogP contribution in [0.3, 0.4) is 0 Å². The predicted octanol–water partition coefficient (Wildman–Crippen LogP) is 1.88. The minimum absolute atomic E-state index is 0.510. The predicted molar refractivity (Wildman–Crippen MR) is 105 cm³/mol. The summed E-state index contributed by atoms with van der Waals surface area (Å²) < 4.78 is 7.30. The third-order valence-electron chi connectivity index (χ3n) is 4.69. The second-order valence-electron chi connectivity index (χ2n) is 6.45. The highest BCUT2D eigenvalue weighted by atomic mass is 16.5. The van der Waals surface area contributed by atoms with Crippen LogP contribution in [0, 0.1) is 0 Å². The van der Waals surface area contributed by atoms with Gasteiger partial charge >= 0.3 is 0 Å². The minimum Gasteiger partial charge on any atom is -0.383 e. The molecule has 8 nitrogen and oxygen atoms in total. The highest BCUT2D eigenvalue weighted by molar-refractivity contribution is 5.81. The molecule has 0 bridgehead atoms. The molecule has 1 saturated heterocycles. The molecule has 0 aliphatic carbocycles. The van der Waals surface area contributed by atoms with Gasteiger partial charge in [-0.15, -0.1) is 0 Å². The van der Waals surface area contributed by atoms with Crippen LogP contribution in [0.5, 0.6) is 0 Å². The van der Waals surface area contributed by atoms with Crippen molar-refractivity contribution in [3.8, 4) is 11.3 Å². The maximum Gasteiger partial charge on any atom is 0.133 e. The number of allylic oxidation sites excluding steroid dienone is 1. The van der Waals surface area contributed by atoms with Crippen molar-refractivity contribution in [3.05, 3.63) is 47.9 Å². The first kappa shape index (κ1) is 17.3. The Kier molecular flexibility index (Phi) is 4.88. The van der Waals surface area contributed by atoms with Gasteiger partial charge in [-0.3, -0.25) is 9.78 Å². The lowest BCUT2D eigenvalue weighted by atomic mass is 10.0. The SMILES string of the molecule is Cn1nccc1-c1cc(N2CCOCC2)nc(N)c1/C=C\Cc1ccn[nH]1. The zero-order valence-corrected chi connectivity index (χ0v) is 15.3. The lowest BCUT2D eigenvalue weighted by Crippen LogP contribution is -2.36. The third kappa shape index (κ3) is 3.70. The van der Waals surface area contributed by atoms with Gasteiger partial charge in [-0.2, -0.15) is 10.2 Å². The number of nitrogen functional groups attached to an aromatic ring is 1. The molecule has 4 rings (SSSR count). The van der Waals surface area contributed by atoms with Gasteiger partial charge in [0.2, 0.25) is 0 Å². The fourth-order valence-electron chi connectivity index (χ4n) is 3.24. The molecule has 3 N–H and O–H groups in total. The summed E-state index contributed by atoms with van der Waals surface area (Å²) in [6, 6.07) is 6.04. The Morgan fingerprint density at radius 2 is 2.11 bits per heavy atom. The van der Waals surface area contributed by atoms with E-state index in [2.05, 4.69) is 37.3 Å². The van der Waals surface area contributed by atoms with Crippen molar-refractivity contribution >= 4 is 17.7 Å². The lowest BCUT2D eigenvalue weighted by Gasteiger charge is -2.28. The van der Waals surface area contributed by atoms with Gasteiger partial charge in [-0.05, 0) is 18.2 Å². The van der Waals surface area contributed by atoms with Crippen molar-refractivity contribution in [2.75, 3.05) is 36.9 Å². The molecule has 27 heavy (non-hydrogen) atoms. The molecule has 0 saturated carbocycles. The van der Waals surface area contributed by atoms with Gasteiger partial charge in [-0.1, -0.05) is 12.2 Å². The summed E-state index contributed by atoms with van der Waals surface area (Å²) >= 11 is 0. The molecule has 1 aliphatic heterocycles. The van der Waals surface area contributed by atoms with E-state index in [1.54, 1.807) is 12.4 Å². The molecule has 0 unspecified atom stereocenters. The Morgan fingerprint density at radius 3 is 2.81 bits per heavy atom. The Bertz CT molecular complexity index is 924. The first-order valence-corrected chi connectivity index (χ1v) is 8.99. The Hall–Kier alpha value is -3.13. The van der Waals surface area contributed by atoms with Gasteiger partial charge < -0.3 is 15.4 Å². The van der Waals surface area contributed by atoms with Gasteiger partial charge in [0.05, 0.1) is 18.9 Å². The number of pyridine rings is 1. The summed E-state index contributed by atoms with van der Waals surface area (Å²) in [5.41, 5.74) is 10.3. The molecular formula is C19H23N7O. The van der Waals surface area contributed by atoms with Gasteiger partial charge in [0.25, 0.3) is 0 Å². The zero-order chi connectivity index (χ0) is 18.6. The van der Waals surface area contributed by atoms with Crippen LogP contribution in [-0.2, 0) is 18.2 Å². The van der Waals surface area contributed by atoms with Crippen molar-refractivity contribution in [2.45, 2.75) is 6.42 Å². The number of rotatable bonds is 5. The molecule has 0 atom stereocenters. The zero-order valence-electron chi connectivity index (χ0n) is 15.3. The molecule has 8 heteroatoms. The number of aryl methyl sites for hydroxylation is 1. The average molecular weight is 365 g/mol. The van der Waals surface area contributed by atoms with E-state index in [9.17, 15) is 0 Å². The molecule has 1 fully saturated rings. The molecule has 0 radical (unpaired) electrons. The summed E-state index contributed by atoms with van der Waals surface area (Å²) in [4.78, 5) is 6.87. The quantitative estimate of drug-likeness (QED) is 0.716. The van der Waals surface area contributed by atoms with Crippen LogP contribution in [0.4, 0.5) is 11.6 Å². The van der Waals surface area contributed by atoms with Crippen LogP contribution in [0.25, 0.3) is 17.3 Å². The van der Waals surface area contributed by atoms with E-state index >= 15 is 0 Å². The fraction of sp³-hybridized carbons (Fsp3) is 0.316. The second kappa shape index (κ2) is 7.63. The molecule has 0 aromatic carbocycles. The fourth-order valence-corrected chi connectivity index (χ4v) is 3.24. The molecule has 3 aromatic heterocycles. The maximum atomic E-state index is 6.37. The summed E-state index contributed by atoms with van der Waals surface area (Å²) in [6.07, 6.45) is 8.37. The van der Waals surface area contributed by atoms with Gasteiger partial charge in [-0.25, -0.2) is 4.98 Å². The number of H-pyrrole nitrogens is 1. The molecule has 1 aliphatic rings. The summed E-state index contributed by atoms with van der Waals surface area (Å²) in [6.45, 7) is 3.03. The van der Waals surface area contributed by atoms with Gasteiger partial charge in [0.15, 0.2) is 0 Å². The number of hydrogen-bond acceptors (Lipinski definition) is 6. The second-order valence-corrected chi connectivity index (χ2v) is 6.45. The summed E-state index contributed by atoms with van der Waals surface area (Å²) in [5.74, 6) is 1.38. The molecule has 0 amide bonds. The normalized spacial score (nSPS) is 14.9. The largest absolute Gasteiger partial charge is 0.383 e. The maximum absolute atomic E-state index is 6.37. The average Bonchev–Trinajstić information content (AvgIpc) is 3.35. The van der Waals surface area contributed by atoms with Crippen molar-refractivity contribution in [3.63, 3.8) is 0 Å². The van der Waals surface area contributed by atoms with Crippen LogP contribution in [0.2, 0.25) is 0 Å². The van der Waals surface area contributed by atoms with E-state index in [4.69, 9.17) is 10.5 Å². The number of aromatic amines is 1. The number of morpholine rings is 1. The van der Waals surface area contributed by atoms with E-state index in [1.807, 2.05) is 29.9 Å². The Morgan fingerprint density at radius 1 is 1.26 bits per heavy atom. The van der Waals surface area contributed by atoms with Crippen molar-refractivity contribution in [2.24, 2.45) is 7.05 Å². The van der Waals surface area contributed by atoms with Crippen LogP contribution in [0.15, 0.2) is 36.7 Å².